The predicted octanol–water partition coefficient (Wildman–Crippen LogP) is 5.23. The first-order valence-electron chi connectivity index (χ1n) is 11.4. The van der Waals surface area contributed by atoms with Crippen LogP contribution in [0.5, 0.6) is 11.5 Å². The van der Waals surface area contributed by atoms with E-state index in [2.05, 4.69) is 0 Å². The lowest BCUT2D eigenvalue weighted by molar-refractivity contribution is -0.142. The highest BCUT2D eigenvalue weighted by Crippen LogP contribution is 2.39. The van der Waals surface area contributed by atoms with Crippen LogP contribution in [0.3, 0.4) is 0 Å². The van der Waals surface area contributed by atoms with Gasteiger partial charge in [-0.05, 0) is 42.3 Å². The van der Waals surface area contributed by atoms with E-state index in [1.165, 1.54) is 0 Å². The van der Waals surface area contributed by atoms with Crippen LogP contribution in [0.4, 0.5) is 0 Å². The van der Waals surface area contributed by atoms with E-state index in [1.54, 1.807) is 20.3 Å². The fourth-order valence-corrected chi connectivity index (χ4v) is 3.96. The molecule has 7 heteroatoms. The number of fused-ring (bicyclic) bond motifs is 1. The summed E-state index contributed by atoms with van der Waals surface area (Å²) in [5, 5.41) is 0.816. The number of esters is 1. The molecule has 0 aliphatic heterocycles. The number of para-hydroxylation sites is 1. The highest BCUT2D eigenvalue weighted by atomic mass is 16.7. The molecule has 0 saturated heterocycles. The lowest BCUT2D eigenvalue weighted by Crippen LogP contribution is -2.09. The molecule has 35 heavy (non-hydrogen) atoms. The fraction of sp³-hybridized carbons (Fsp3) is 0.250. The van der Waals surface area contributed by atoms with Crippen molar-refractivity contribution in [3.05, 3.63) is 83.6 Å². The van der Waals surface area contributed by atoms with Crippen LogP contribution in [0.2, 0.25) is 0 Å². The molecular formula is C28H29NO6. The van der Waals surface area contributed by atoms with Gasteiger partial charge in [0.2, 0.25) is 0 Å². The molecule has 0 amide bonds. The van der Waals surface area contributed by atoms with Crippen LogP contribution >= 0.6 is 0 Å². The van der Waals surface area contributed by atoms with Gasteiger partial charge >= 0.3 is 5.97 Å². The third kappa shape index (κ3) is 5.65. The summed E-state index contributed by atoms with van der Waals surface area (Å²) in [7, 11) is 1.57. The van der Waals surface area contributed by atoms with Crippen molar-refractivity contribution < 1.29 is 28.2 Å². The molecule has 4 aromatic rings. The fourth-order valence-electron chi connectivity index (χ4n) is 3.96. The summed E-state index contributed by atoms with van der Waals surface area (Å²) in [6.45, 7) is 2.85. The van der Waals surface area contributed by atoms with Gasteiger partial charge in [-0.2, -0.15) is 0 Å². The zero-order chi connectivity index (χ0) is 24.6. The highest BCUT2D eigenvalue weighted by molar-refractivity contribution is 5.97. The Bertz CT molecular complexity index is 1300. The maximum absolute atomic E-state index is 12.1. The molecule has 182 valence electrons. The molecule has 1 heterocycles. The number of hydrogen-bond donors (Lipinski definition) is 1. The molecule has 0 aliphatic carbocycles. The van der Waals surface area contributed by atoms with E-state index in [1.807, 2.05) is 60.7 Å². The summed E-state index contributed by atoms with van der Waals surface area (Å²) in [4.78, 5) is 12.1. The summed E-state index contributed by atoms with van der Waals surface area (Å²) in [6.07, 6.45) is 1.77. The van der Waals surface area contributed by atoms with E-state index in [0.29, 0.717) is 30.2 Å². The van der Waals surface area contributed by atoms with Crippen LogP contribution in [0.15, 0.2) is 71.3 Å². The van der Waals surface area contributed by atoms with Crippen molar-refractivity contribution in [2.75, 3.05) is 20.5 Å². The minimum absolute atomic E-state index is 0.0781. The number of benzene rings is 3. The standard InChI is InChI=1S/C28H29NO6/c1-3-32-26(30)15-21-8-4-5-10-25(21)34-17-22-14-24(20-9-6-7-19(13-20)16-29)28-23(11-12-33-28)27(22)35-18-31-2/h4-14H,3,15-18,29H2,1-2H3. The van der Waals surface area contributed by atoms with Crippen LogP contribution in [-0.4, -0.2) is 26.5 Å². The third-order valence-electron chi connectivity index (χ3n) is 5.56. The normalized spacial score (nSPS) is 10.9. The van der Waals surface area contributed by atoms with Crippen molar-refractivity contribution in [1.29, 1.82) is 0 Å². The number of rotatable bonds is 11. The maximum atomic E-state index is 12.1. The summed E-state index contributed by atoms with van der Waals surface area (Å²) in [5.74, 6) is 0.934. The summed E-state index contributed by atoms with van der Waals surface area (Å²) in [6, 6.07) is 19.3. The average Bonchev–Trinajstić information content (AvgIpc) is 3.37. The molecular weight excluding hydrogens is 446 g/mol. The van der Waals surface area contributed by atoms with Crippen molar-refractivity contribution in [3.63, 3.8) is 0 Å². The second-order valence-corrected chi connectivity index (χ2v) is 7.91. The highest BCUT2D eigenvalue weighted by Gasteiger charge is 2.19. The van der Waals surface area contributed by atoms with Gasteiger partial charge in [0.05, 0.1) is 24.7 Å². The second-order valence-electron chi connectivity index (χ2n) is 7.91. The minimum Gasteiger partial charge on any atom is -0.488 e. The van der Waals surface area contributed by atoms with E-state index in [9.17, 15) is 4.79 Å². The van der Waals surface area contributed by atoms with Gasteiger partial charge in [-0.1, -0.05) is 36.4 Å². The quantitative estimate of drug-likeness (QED) is 0.235. The van der Waals surface area contributed by atoms with Crippen LogP contribution < -0.4 is 15.2 Å². The van der Waals surface area contributed by atoms with Crippen molar-refractivity contribution in [1.82, 2.24) is 0 Å². The molecule has 4 rings (SSSR count). The first-order valence-corrected chi connectivity index (χ1v) is 11.4. The monoisotopic (exact) mass is 475 g/mol. The Labute approximate surface area is 204 Å². The molecule has 2 N–H and O–H groups in total. The summed E-state index contributed by atoms with van der Waals surface area (Å²) >= 11 is 0. The second kappa shape index (κ2) is 11.6. The molecule has 1 aromatic heterocycles. The topological polar surface area (TPSA) is 93.2 Å². The van der Waals surface area contributed by atoms with E-state index in [-0.39, 0.29) is 25.8 Å². The van der Waals surface area contributed by atoms with E-state index < -0.39 is 0 Å². The zero-order valence-electron chi connectivity index (χ0n) is 19.9. The van der Waals surface area contributed by atoms with Gasteiger partial charge < -0.3 is 29.1 Å². The van der Waals surface area contributed by atoms with Gasteiger partial charge in [0.1, 0.15) is 23.7 Å². The number of carbonyl (C=O) groups excluding carboxylic acids is 1. The van der Waals surface area contributed by atoms with Crippen LogP contribution in [0, 0.1) is 0 Å². The Kier molecular flexibility index (Phi) is 8.03. The molecule has 0 bridgehead atoms. The smallest absolute Gasteiger partial charge is 0.310 e. The Morgan fingerprint density at radius 2 is 1.86 bits per heavy atom. The summed E-state index contributed by atoms with van der Waals surface area (Å²) < 4.78 is 28.3. The number of ether oxygens (including phenoxy) is 4. The van der Waals surface area contributed by atoms with Gasteiger partial charge in [-0.25, -0.2) is 0 Å². The zero-order valence-corrected chi connectivity index (χ0v) is 19.9. The molecule has 0 aliphatic rings. The minimum atomic E-state index is -0.297. The molecule has 0 atom stereocenters. The molecule has 0 unspecified atom stereocenters. The van der Waals surface area contributed by atoms with E-state index >= 15 is 0 Å². The predicted molar refractivity (Wildman–Crippen MR) is 133 cm³/mol. The number of carbonyl (C=O) groups is 1. The first-order chi connectivity index (χ1) is 17.1. The van der Waals surface area contributed by atoms with Crippen molar-refractivity contribution in [2.45, 2.75) is 26.5 Å². The Balaban J connectivity index is 1.72. The number of furan rings is 1. The van der Waals surface area contributed by atoms with Crippen molar-refractivity contribution in [2.24, 2.45) is 5.73 Å². The van der Waals surface area contributed by atoms with E-state index in [4.69, 9.17) is 29.1 Å². The SMILES string of the molecule is CCOC(=O)Cc1ccccc1OCc1cc(-c2cccc(CN)c2)c2occc2c1OCOC. The van der Waals surface area contributed by atoms with Crippen LogP contribution in [0.25, 0.3) is 22.1 Å². The van der Waals surface area contributed by atoms with Crippen molar-refractivity contribution >= 4 is 16.9 Å². The number of methoxy groups -OCH3 is 1. The molecule has 3 aromatic carbocycles. The van der Waals surface area contributed by atoms with Crippen molar-refractivity contribution in [3.8, 4) is 22.6 Å². The first kappa shape index (κ1) is 24.3. The van der Waals surface area contributed by atoms with Gasteiger partial charge in [0.15, 0.2) is 6.79 Å². The van der Waals surface area contributed by atoms with E-state index in [0.717, 1.165) is 33.2 Å². The summed E-state index contributed by atoms with van der Waals surface area (Å²) in [5.41, 5.74) is 11.1. The molecule has 0 spiro atoms. The maximum Gasteiger partial charge on any atom is 0.310 e. The van der Waals surface area contributed by atoms with Gasteiger partial charge in [-0.15, -0.1) is 0 Å². The van der Waals surface area contributed by atoms with Gasteiger partial charge in [0, 0.05) is 30.3 Å². The molecule has 0 fully saturated rings. The largest absolute Gasteiger partial charge is 0.488 e. The lowest BCUT2D eigenvalue weighted by Gasteiger charge is -2.17. The van der Waals surface area contributed by atoms with Crippen LogP contribution in [0.1, 0.15) is 23.6 Å². The molecule has 0 saturated carbocycles. The number of hydrogen-bond acceptors (Lipinski definition) is 7. The Morgan fingerprint density at radius 3 is 2.66 bits per heavy atom. The van der Waals surface area contributed by atoms with Gasteiger partial charge in [-0.3, -0.25) is 4.79 Å². The molecule has 7 nitrogen and oxygen atoms in total. The molecule has 0 radical (unpaired) electrons. The third-order valence-corrected chi connectivity index (χ3v) is 5.56. The van der Waals surface area contributed by atoms with Gasteiger partial charge in [0.25, 0.3) is 0 Å². The average molecular weight is 476 g/mol. The Morgan fingerprint density at radius 1 is 1.00 bits per heavy atom. The Hall–Kier alpha value is -3.81. The lowest BCUT2D eigenvalue weighted by atomic mass is 9.98. The van der Waals surface area contributed by atoms with Crippen LogP contribution in [-0.2, 0) is 33.8 Å². The number of nitrogens with two attached hydrogens (primary N) is 1.